The highest BCUT2D eigenvalue weighted by atomic mass is 79.9. The molecule has 4 heteroatoms. The number of nitrogens with zero attached hydrogens (tertiary/aromatic N) is 3. The molecule has 3 nitrogen and oxygen atoms in total. The minimum atomic E-state index is 0.719. The number of hydrogen-bond acceptors (Lipinski definition) is 2. The standard InChI is InChI=1S/C28H18BrN3/c29-21-16-17-24-23(18-21)25-26(19-10-4-1-5-11-19)30-27(20-12-6-2-7-13-20)31-28(25)32(24)22-14-8-3-9-15-22/h1-18H. The first kappa shape index (κ1) is 19.0. The number of para-hydroxylation sites is 1. The molecule has 2 aromatic heterocycles. The Morgan fingerprint density at radius 1 is 0.625 bits per heavy atom. The Kier molecular flexibility index (Phi) is 4.58. The number of hydrogen-bond donors (Lipinski definition) is 0. The van der Waals surface area contributed by atoms with E-state index in [1.165, 1.54) is 0 Å². The summed E-state index contributed by atoms with van der Waals surface area (Å²) < 4.78 is 3.26. The fraction of sp³-hybridized carbons (Fsp3) is 0. The van der Waals surface area contributed by atoms with Gasteiger partial charge in [0, 0.05) is 26.7 Å². The predicted molar refractivity (Wildman–Crippen MR) is 135 cm³/mol. The van der Waals surface area contributed by atoms with Gasteiger partial charge in [-0.2, -0.15) is 0 Å². The van der Waals surface area contributed by atoms with E-state index in [0.29, 0.717) is 0 Å². The summed E-state index contributed by atoms with van der Waals surface area (Å²) in [6.45, 7) is 0. The third-order valence-corrected chi connectivity index (χ3v) is 6.16. The molecule has 0 atom stereocenters. The van der Waals surface area contributed by atoms with E-state index in [2.05, 4.69) is 99.4 Å². The molecule has 0 aliphatic heterocycles. The van der Waals surface area contributed by atoms with E-state index in [4.69, 9.17) is 9.97 Å². The highest BCUT2D eigenvalue weighted by Crippen LogP contribution is 2.38. The maximum atomic E-state index is 5.11. The van der Waals surface area contributed by atoms with Gasteiger partial charge in [0.05, 0.1) is 16.6 Å². The summed E-state index contributed by atoms with van der Waals surface area (Å²) in [7, 11) is 0. The van der Waals surface area contributed by atoms with Crippen molar-refractivity contribution in [2.45, 2.75) is 0 Å². The van der Waals surface area contributed by atoms with Crippen molar-refractivity contribution in [1.29, 1.82) is 0 Å². The highest BCUT2D eigenvalue weighted by molar-refractivity contribution is 9.10. The minimum absolute atomic E-state index is 0.719. The molecule has 0 saturated heterocycles. The molecule has 0 spiro atoms. The lowest BCUT2D eigenvalue weighted by molar-refractivity contribution is 1.11. The number of benzene rings is 4. The van der Waals surface area contributed by atoms with Gasteiger partial charge in [-0.25, -0.2) is 9.97 Å². The maximum Gasteiger partial charge on any atom is 0.162 e. The van der Waals surface area contributed by atoms with Crippen LogP contribution in [0.1, 0.15) is 0 Å². The summed E-state index contributed by atoms with van der Waals surface area (Å²) in [5.41, 5.74) is 6.09. The fourth-order valence-corrected chi connectivity index (χ4v) is 4.60. The molecule has 0 aliphatic rings. The topological polar surface area (TPSA) is 30.7 Å². The summed E-state index contributed by atoms with van der Waals surface area (Å²) in [6.07, 6.45) is 0. The van der Waals surface area contributed by atoms with Crippen molar-refractivity contribution in [3.05, 3.63) is 114 Å². The van der Waals surface area contributed by atoms with Gasteiger partial charge in [0.2, 0.25) is 0 Å². The van der Waals surface area contributed by atoms with Crippen molar-refractivity contribution in [2.24, 2.45) is 0 Å². The molecule has 0 fully saturated rings. The van der Waals surface area contributed by atoms with Crippen LogP contribution in [0.15, 0.2) is 114 Å². The van der Waals surface area contributed by atoms with Gasteiger partial charge in [0.1, 0.15) is 5.65 Å². The maximum absolute atomic E-state index is 5.11. The molecule has 0 bridgehead atoms. The van der Waals surface area contributed by atoms with Crippen LogP contribution in [-0.2, 0) is 0 Å². The van der Waals surface area contributed by atoms with Crippen LogP contribution in [0.25, 0.3) is 50.3 Å². The summed E-state index contributed by atoms with van der Waals surface area (Å²) in [4.78, 5) is 10.2. The minimum Gasteiger partial charge on any atom is -0.294 e. The van der Waals surface area contributed by atoms with Gasteiger partial charge in [-0.3, -0.25) is 4.57 Å². The molecule has 6 aromatic rings. The average molecular weight is 476 g/mol. The van der Waals surface area contributed by atoms with E-state index >= 15 is 0 Å². The second-order valence-electron chi connectivity index (χ2n) is 7.66. The Balaban J connectivity index is 1.82. The molecule has 0 unspecified atom stereocenters. The molecule has 0 aliphatic carbocycles. The van der Waals surface area contributed by atoms with E-state index in [9.17, 15) is 0 Å². The van der Waals surface area contributed by atoms with Crippen LogP contribution in [0.4, 0.5) is 0 Å². The molecule has 0 radical (unpaired) electrons. The van der Waals surface area contributed by atoms with Gasteiger partial charge in [-0.15, -0.1) is 0 Å². The molecule has 2 heterocycles. The second-order valence-corrected chi connectivity index (χ2v) is 8.57. The van der Waals surface area contributed by atoms with Crippen molar-refractivity contribution < 1.29 is 0 Å². The number of halogens is 1. The monoisotopic (exact) mass is 475 g/mol. The first-order chi connectivity index (χ1) is 15.8. The average Bonchev–Trinajstić information content (AvgIpc) is 3.18. The van der Waals surface area contributed by atoms with Crippen LogP contribution in [0.5, 0.6) is 0 Å². The second kappa shape index (κ2) is 7.74. The van der Waals surface area contributed by atoms with Gasteiger partial charge in [-0.1, -0.05) is 94.8 Å². The van der Waals surface area contributed by atoms with Crippen molar-refractivity contribution in [3.8, 4) is 28.3 Å². The zero-order valence-electron chi connectivity index (χ0n) is 17.1. The molecule has 6 rings (SSSR count). The van der Waals surface area contributed by atoms with Crippen LogP contribution in [-0.4, -0.2) is 14.5 Å². The first-order valence-electron chi connectivity index (χ1n) is 10.5. The van der Waals surface area contributed by atoms with E-state index < -0.39 is 0 Å². The van der Waals surface area contributed by atoms with Crippen molar-refractivity contribution >= 4 is 37.9 Å². The third-order valence-electron chi connectivity index (χ3n) is 5.66. The SMILES string of the molecule is Brc1ccc2c(c1)c1c(-c3ccccc3)nc(-c3ccccc3)nc1n2-c1ccccc1. The summed E-state index contributed by atoms with van der Waals surface area (Å²) in [5, 5.41) is 2.17. The summed E-state index contributed by atoms with van der Waals surface area (Å²) in [5.74, 6) is 0.719. The molecule has 32 heavy (non-hydrogen) atoms. The molecule has 0 saturated carbocycles. The summed E-state index contributed by atoms with van der Waals surface area (Å²) >= 11 is 3.67. The van der Waals surface area contributed by atoms with Crippen LogP contribution in [0, 0.1) is 0 Å². The van der Waals surface area contributed by atoms with Gasteiger partial charge in [-0.05, 0) is 30.3 Å². The van der Waals surface area contributed by atoms with Gasteiger partial charge in [0.25, 0.3) is 0 Å². The van der Waals surface area contributed by atoms with Gasteiger partial charge in [0.15, 0.2) is 5.82 Å². The highest BCUT2D eigenvalue weighted by Gasteiger charge is 2.20. The zero-order valence-corrected chi connectivity index (χ0v) is 18.7. The first-order valence-corrected chi connectivity index (χ1v) is 11.3. The Morgan fingerprint density at radius 3 is 1.94 bits per heavy atom. The van der Waals surface area contributed by atoms with Crippen molar-refractivity contribution in [1.82, 2.24) is 14.5 Å². The molecule has 152 valence electrons. The molecule has 0 N–H and O–H groups in total. The molecular formula is C28H18BrN3. The van der Waals surface area contributed by atoms with E-state index in [-0.39, 0.29) is 0 Å². The molecule has 0 amide bonds. The fourth-order valence-electron chi connectivity index (χ4n) is 4.24. The Bertz CT molecular complexity index is 1560. The predicted octanol–water partition coefficient (Wildman–Crippen LogP) is 7.67. The van der Waals surface area contributed by atoms with Crippen LogP contribution in [0.3, 0.4) is 0 Å². The number of fused-ring (bicyclic) bond motifs is 3. The van der Waals surface area contributed by atoms with Crippen LogP contribution < -0.4 is 0 Å². The van der Waals surface area contributed by atoms with E-state index in [0.717, 1.165) is 54.7 Å². The lowest BCUT2D eigenvalue weighted by Gasteiger charge is -2.10. The van der Waals surface area contributed by atoms with E-state index in [1.807, 2.05) is 30.3 Å². The zero-order chi connectivity index (χ0) is 21.5. The number of rotatable bonds is 3. The lowest BCUT2D eigenvalue weighted by Crippen LogP contribution is -1.99. The van der Waals surface area contributed by atoms with Crippen molar-refractivity contribution in [3.63, 3.8) is 0 Å². The Morgan fingerprint density at radius 2 is 1.25 bits per heavy atom. The van der Waals surface area contributed by atoms with Gasteiger partial charge >= 0.3 is 0 Å². The van der Waals surface area contributed by atoms with Gasteiger partial charge < -0.3 is 0 Å². The summed E-state index contributed by atoms with van der Waals surface area (Å²) in [6, 6.07) is 37.3. The lowest BCUT2D eigenvalue weighted by atomic mass is 10.1. The molecule has 4 aromatic carbocycles. The van der Waals surface area contributed by atoms with Crippen molar-refractivity contribution in [2.75, 3.05) is 0 Å². The van der Waals surface area contributed by atoms with E-state index in [1.54, 1.807) is 0 Å². The Hall–Kier alpha value is -3.76. The number of aromatic nitrogens is 3. The Labute approximate surface area is 194 Å². The third kappa shape index (κ3) is 3.12. The normalized spacial score (nSPS) is 11.3. The smallest absolute Gasteiger partial charge is 0.162 e. The largest absolute Gasteiger partial charge is 0.294 e. The van der Waals surface area contributed by atoms with Crippen LogP contribution >= 0.6 is 15.9 Å². The van der Waals surface area contributed by atoms with Crippen LogP contribution in [0.2, 0.25) is 0 Å². The molecular weight excluding hydrogens is 458 g/mol. The quantitative estimate of drug-likeness (QED) is 0.262.